The molecule has 0 saturated heterocycles. The predicted octanol–water partition coefficient (Wildman–Crippen LogP) is 5.79. The molecular weight excluding hydrogens is 444 g/mol. The highest BCUT2D eigenvalue weighted by atomic mass is 16.6. The molecule has 0 aliphatic heterocycles. The summed E-state index contributed by atoms with van der Waals surface area (Å²) in [5.74, 6) is 0.562. The summed E-state index contributed by atoms with van der Waals surface area (Å²) in [5, 5.41) is 0. The Hall–Kier alpha value is -3.54. The summed E-state index contributed by atoms with van der Waals surface area (Å²) in [6.07, 6.45) is -0.755. The van der Waals surface area contributed by atoms with Crippen molar-refractivity contribution in [2.24, 2.45) is 0 Å². The number of ether oxygens (including phenoxy) is 4. The molecule has 0 heterocycles. The second kappa shape index (κ2) is 12.2. The third kappa shape index (κ3) is 8.32. The molecule has 0 N–H and O–H groups in total. The molecule has 0 aromatic heterocycles. The summed E-state index contributed by atoms with van der Waals surface area (Å²) in [6.45, 7) is 18.8. The fourth-order valence-corrected chi connectivity index (χ4v) is 3.16. The minimum absolute atomic E-state index is 0.244. The number of benzene rings is 2. The Labute approximate surface area is 208 Å². The van der Waals surface area contributed by atoms with Gasteiger partial charge in [-0.15, -0.1) is 0 Å². The maximum absolute atomic E-state index is 11.6. The number of carbonyl (C=O) groups excluding carboxylic acids is 2. The van der Waals surface area contributed by atoms with E-state index < -0.39 is 11.9 Å². The van der Waals surface area contributed by atoms with Crippen molar-refractivity contribution in [2.45, 2.75) is 59.2 Å². The van der Waals surface area contributed by atoms with Crippen molar-refractivity contribution in [1.29, 1.82) is 0 Å². The average Bonchev–Trinajstić information content (AvgIpc) is 2.81. The first-order valence-electron chi connectivity index (χ1n) is 11.6. The highest BCUT2D eigenvalue weighted by Crippen LogP contribution is 2.33. The lowest BCUT2D eigenvalue weighted by Gasteiger charge is -2.26. The number of hydrogen-bond donors (Lipinski definition) is 0. The van der Waals surface area contributed by atoms with Gasteiger partial charge in [0.05, 0.1) is 0 Å². The van der Waals surface area contributed by atoms with E-state index in [1.54, 1.807) is 27.7 Å². The highest BCUT2D eigenvalue weighted by Gasteiger charge is 2.23. The van der Waals surface area contributed by atoms with E-state index in [9.17, 15) is 9.59 Å². The van der Waals surface area contributed by atoms with Crippen molar-refractivity contribution in [3.63, 3.8) is 0 Å². The first kappa shape index (κ1) is 27.7. The summed E-state index contributed by atoms with van der Waals surface area (Å²) in [5.41, 5.74) is 2.73. The van der Waals surface area contributed by atoms with Crippen LogP contribution >= 0.6 is 0 Å². The lowest BCUT2D eigenvalue weighted by molar-refractivity contribution is -0.145. The van der Waals surface area contributed by atoms with Crippen LogP contribution in [0.2, 0.25) is 0 Å². The van der Waals surface area contributed by atoms with Crippen LogP contribution in [0.15, 0.2) is 72.8 Å². The Morgan fingerprint density at radius 3 is 1.31 bits per heavy atom. The molecule has 2 aromatic rings. The van der Waals surface area contributed by atoms with Gasteiger partial charge in [-0.3, -0.25) is 0 Å². The minimum atomic E-state index is -0.421. The van der Waals surface area contributed by atoms with Gasteiger partial charge in [0.15, 0.2) is 0 Å². The summed E-state index contributed by atoms with van der Waals surface area (Å²) >= 11 is 0. The van der Waals surface area contributed by atoms with Crippen LogP contribution in [-0.4, -0.2) is 37.4 Å². The van der Waals surface area contributed by atoms with Crippen LogP contribution in [0.1, 0.15) is 52.7 Å². The van der Waals surface area contributed by atoms with Crippen molar-refractivity contribution in [3.05, 3.63) is 84.0 Å². The number of hydrogen-bond acceptors (Lipinski definition) is 6. The summed E-state index contributed by atoms with van der Waals surface area (Å²) in [4.78, 5) is 23.2. The molecule has 0 bridgehead atoms. The number of rotatable bonds is 12. The SMILES string of the molecule is C=C(C)C(=O)OC(C)COc1ccc(C(C)(C)c2ccc(OCC(C)OC(=O)C(=C)C)cc2)cc1. The first-order valence-corrected chi connectivity index (χ1v) is 11.6. The molecule has 0 radical (unpaired) electrons. The zero-order valence-electron chi connectivity index (χ0n) is 21.6. The lowest BCUT2D eigenvalue weighted by Crippen LogP contribution is -2.22. The summed E-state index contributed by atoms with van der Waals surface area (Å²) < 4.78 is 22.0. The number of carbonyl (C=O) groups is 2. The van der Waals surface area contributed by atoms with Crippen LogP contribution in [0.4, 0.5) is 0 Å². The maximum Gasteiger partial charge on any atom is 0.333 e. The fraction of sp³-hybridized carbons (Fsp3) is 0.379. The van der Waals surface area contributed by atoms with Gasteiger partial charge in [0, 0.05) is 16.6 Å². The molecule has 2 rings (SSSR count). The zero-order valence-corrected chi connectivity index (χ0v) is 21.6. The van der Waals surface area contributed by atoms with Gasteiger partial charge in [0.1, 0.15) is 36.9 Å². The van der Waals surface area contributed by atoms with Gasteiger partial charge in [-0.1, -0.05) is 51.3 Å². The van der Waals surface area contributed by atoms with Gasteiger partial charge in [0.25, 0.3) is 0 Å². The van der Waals surface area contributed by atoms with Crippen LogP contribution in [0.5, 0.6) is 11.5 Å². The Balaban J connectivity index is 1.94. The molecule has 2 aromatic carbocycles. The van der Waals surface area contributed by atoms with Crippen LogP contribution in [0, 0.1) is 0 Å². The van der Waals surface area contributed by atoms with Gasteiger partial charge in [0.2, 0.25) is 0 Å². The molecule has 6 nitrogen and oxygen atoms in total. The Morgan fingerprint density at radius 1 is 0.714 bits per heavy atom. The molecule has 2 atom stereocenters. The normalized spacial score (nSPS) is 12.7. The largest absolute Gasteiger partial charge is 0.490 e. The second-order valence-electron chi connectivity index (χ2n) is 9.29. The van der Waals surface area contributed by atoms with E-state index in [1.807, 2.05) is 48.5 Å². The molecule has 0 fully saturated rings. The Kier molecular flexibility index (Phi) is 9.69. The minimum Gasteiger partial charge on any atom is -0.490 e. The second-order valence-corrected chi connectivity index (χ2v) is 9.29. The van der Waals surface area contributed by atoms with Crippen molar-refractivity contribution in [3.8, 4) is 11.5 Å². The van der Waals surface area contributed by atoms with E-state index in [1.165, 1.54) is 0 Å². The molecule has 6 heteroatoms. The molecule has 0 aliphatic carbocycles. The van der Waals surface area contributed by atoms with E-state index in [0.29, 0.717) is 22.6 Å². The van der Waals surface area contributed by atoms with E-state index >= 15 is 0 Å². The topological polar surface area (TPSA) is 71.1 Å². The van der Waals surface area contributed by atoms with E-state index in [0.717, 1.165) is 11.1 Å². The monoisotopic (exact) mass is 480 g/mol. The van der Waals surface area contributed by atoms with E-state index in [2.05, 4.69) is 27.0 Å². The van der Waals surface area contributed by atoms with Crippen LogP contribution < -0.4 is 9.47 Å². The Morgan fingerprint density at radius 2 is 1.03 bits per heavy atom. The third-order valence-electron chi connectivity index (χ3n) is 5.43. The molecule has 0 aliphatic rings. The maximum atomic E-state index is 11.6. The quantitative estimate of drug-likeness (QED) is 0.283. The first-order chi connectivity index (χ1) is 16.4. The van der Waals surface area contributed by atoms with Crippen molar-refractivity contribution in [2.75, 3.05) is 13.2 Å². The van der Waals surface area contributed by atoms with Gasteiger partial charge in [-0.25, -0.2) is 9.59 Å². The molecule has 0 amide bonds. The van der Waals surface area contributed by atoms with Crippen molar-refractivity contribution < 1.29 is 28.5 Å². The predicted molar refractivity (Wildman–Crippen MR) is 137 cm³/mol. The van der Waals surface area contributed by atoms with Crippen molar-refractivity contribution >= 4 is 11.9 Å². The van der Waals surface area contributed by atoms with Crippen LogP contribution in [-0.2, 0) is 24.5 Å². The molecule has 0 spiro atoms. The highest BCUT2D eigenvalue weighted by molar-refractivity contribution is 5.87. The zero-order chi connectivity index (χ0) is 26.2. The van der Waals surface area contributed by atoms with Gasteiger partial charge in [-0.05, 0) is 63.1 Å². The van der Waals surface area contributed by atoms with Gasteiger partial charge >= 0.3 is 11.9 Å². The summed E-state index contributed by atoms with van der Waals surface area (Å²) in [7, 11) is 0. The number of esters is 2. The summed E-state index contributed by atoms with van der Waals surface area (Å²) in [6, 6.07) is 15.8. The van der Waals surface area contributed by atoms with Crippen molar-refractivity contribution in [1.82, 2.24) is 0 Å². The Bertz CT molecular complexity index is 950. The molecule has 188 valence electrons. The van der Waals surface area contributed by atoms with E-state index in [-0.39, 0.29) is 30.8 Å². The van der Waals surface area contributed by atoms with Gasteiger partial charge in [-0.2, -0.15) is 0 Å². The average molecular weight is 481 g/mol. The standard InChI is InChI=1S/C29H36O6/c1-19(2)27(30)34-21(5)17-32-25-13-9-23(10-14-25)29(7,8)24-11-15-26(16-12-24)33-18-22(6)35-28(31)20(3)4/h9-16,21-22H,1,3,17-18H2,2,4-8H3. The van der Waals surface area contributed by atoms with Gasteiger partial charge < -0.3 is 18.9 Å². The van der Waals surface area contributed by atoms with Crippen LogP contribution in [0.25, 0.3) is 0 Å². The lowest BCUT2D eigenvalue weighted by atomic mass is 9.78. The molecule has 35 heavy (non-hydrogen) atoms. The molecular formula is C29H36O6. The van der Waals surface area contributed by atoms with Crippen LogP contribution in [0.3, 0.4) is 0 Å². The van der Waals surface area contributed by atoms with E-state index in [4.69, 9.17) is 18.9 Å². The molecule has 2 unspecified atom stereocenters. The third-order valence-corrected chi connectivity index (χ3v) is 5.43. The fourth-order valence-electron chi connectivity index (χ4n) is 3.16. The molecule has 0 saturated carbocycles. The smallest absolute Gasteiger partial charge is 0.333 e.